The summed E-state index contributed by atoms with van der Waals surface area (Å²) >= 11 is 0. The predicted octanol–water partition coefficient (Wildman–Crippen LogP) is 3.21. The highest BCUT2D eigenvalue weighted by Gasteiger charge is 2.33. The summed E-state index contributed by atoms with van der Waals surface area (Å²) in [6.45, 7) is 3.01. The zero-order valence-electron chi connectivity index (χ0n) is 8.86. The van der Waals surface area contributed by atoms with Gasteiger partial charge in [0.25, 0.3) is 0 Å². The van der Waals surface area contributed by atoms with Gasteiger partial charge < -0.3 is 4.74 Å². The molecule has 2 atom stereocenters. The van der Waals surface area contributed by atoms with Crippen molar-refractivity contribution >= 4 is 0 Å². The third-order valence-electron chi connectivity index (χ3n) is 3.47. The van der Waals surface area contributed by atoms with E-state index in [1.54, 1.807) is 0 Å². The molecule has 76 valence electrons. The third-order valence-corrected chi connectivity index (χ3v) is 3.47. The van der Waals surface area contributed by atoms with Gasteiger partial charge >= 0.3 is 0 Å². The molecule has 15 heavy (non-hydrogen) atoms. The van der Waals surface area contributed by atoms with Crippen LogP contribution in [0.4, 0.5) is 0 Å². The highest BCUT2D eigenvalue weighted by molar-refractivity contribution is 5.41. The lowest BCUT2D eigenvalue weighted by Gasteiger charge is -2.36. The maximum atomic E-state index is 5.79. The number of benzene rings is 1. The Bertz CT molecular complexity index is 406. The number of ether oxygens (including phenoxy) is 1. The molecule has 1 heteroatoms. The number of hydrogen-bond acceptors (Lipinski definition) is 1. The van der Waals surface area contributed by atoms with Crippen molar-refractivity contribution in [3.63, 3.8) is 0 Å². The molecule has 1 aromatic rings. The quantitative estimate of drug-likeness (QED) is 0.622. The van der Waals surface area contributed by atoms with Gasteiger partial charge in [0.05, 0.1) is 6.61 Å². The van der Waals surface area contributed by atoms with E-state index in [0.29, 0.717) is 11.8 Å². The van der Waals surface area contributed by atoms with E-state index in [1.165, 1.54) is 11.1 Å². The van der Waals surface area contributed by atoms with Crippen molar-refractivity contribution in [3.8, 4) is 5.75 Å². The van der Waals surface area contributed by atoms with Gasteiger partial charge in [-0.1, -0.05) is 29.8 Å². The third kappa shape index (κ3) is 1.38. The zero-order valence-corrected chi connectivity index (χ0v) is 8.86. The summed E-state index contributed by atoms with van der Waals surface area (Å²) in [6, 6.07) is 8.39. The summed E-state index contributed by atoms with van der Waals surface area (Å²) in [5, 5.41) is 0. The molecule has 0 fully saturated rings. The minimum atomic E-state index is 0.557. The summed E-state index contributed by atoms with van der Waals surface area (Å²) in [5.74, 6) is 2.20. The largest absolute Gasteiger partial charge is 0.493 e. The number of rotatable bonds is 0. The second-order valence-electron chi connectivity index (χ2n) is 4.36. The molecular formula is C14H14O. The normalized spacial score (nSPS) is 28.5. The van der Waals surface area contributed by atoms with E-state index >= 15 is 0 Å². The van der Waals surface area contributed by atoms with E-state index < -0.39 is 0 Å². The Balaban J connectivity index is 2.04. The summed E-state index contributed by atoms with van der Waals surface area (Å²) in [6.07, 6.45) is 6.51. The van der Waals surface area contributed by atoms with Crippen LogP contribution < -0.4 is 4.74 Å². The highest BCUT2D eigenvalue weighted by Crippen LogP contribution is 2.44. The average Bonchev–Trinajstić information content (AvgIpc) is 2.29. The maximum absolute atomic E-state index is 5.79. The first-order valence-electron chi connectivity index (χ1n) is 5.48. The van der Waals surface area contributed by atoms with Gasteiger partial charge in [-0.2, -0.15) is 0 Å². The van der Waals surface area contributed by atoms with Gasteiger partial charge in [-0.05, 0) is 30.9 Å². The molecule has 0 aromatic heterocycles. The van der Waals surface area contributed by atoms with Crippen LogP contribution in [0, 0.1) is 12.3 Å². The van der Waals surface area contributed by atoms with E-state index in [4.69, 9.17) is 4.74 Å². The number of hydrogen-bond donors (Lipinski definition) is 0. The van der Waals surface area contributed by atoms with E-state index in [1.807, 2.05) is 6.07 Å². The molecule has 2 radical (unpaired) electrons. The Hall–Kier alpha value is -1.24. The molecule has 0 saturated carbocycles. The second kappa shape index (κ2) is 3.41. The second-order valence-corrected chi connectivity index (χ2v) is 4.36. The summed E-state index contributed by atoms with van der Waals surface area (Å²) in [5.41, 5.74) is 2.76. The van der Waals surface area contributed by atoms with Crippen LogP contribution in [0.1, 0.15) is 24.8 Å². The van der Waals surface area contributed by atoms with Crippen molar-refractivity contribution in [1.82, 2.24) is 0 Å². The van der Waals surface area contributed by atoms with Gasteiger partial charge in [-0.15, -0.1) is 0 Å². The van der Waals surface area contributed by atoms with Crippen molar-refractivity contribution in [2.75, 3.05) is 6.61 Å². The standard InChI is InChI=1S/C14H14O/c1-10-5-4-7-11-12-6-2-3-8-14(12)15-9-13(10)11/h2-3,5-6,8,11,13H,7,9H2,1H3. The van der Waals surface area contributed by atoms with Crippen LogP contribution in [-0.4, -0.2) is 6.61 Å². The molecule has 2 unspecified atom stereocenters. The molecule has 0 spiro atoms. The SMILES string of the molecule is CC1=C[C]CC2c3ccccc3OCC12. The number of para-hydroxylation sites is 1. The van der Waals surface area contributed by atoms with Crippen LogP contribution in [0.3, 0.4) is 0 Å². The van der Waals surface area contributed by atoms with Crippen molar-refractivity contribution in [2.24, 2.45) is 5.92 Å². The van der Waals surface area contributed by atoms with E-state index in [-0.39, 0.29) is 0 Å². The Morgan fingerprint density at radius 1 is 1.27 bits per heavy atom. The summed E-state index contributed by atoms with van der Waals surface area (Å²) in [4.78, 5) is 0. The lowest BCUT2D eigenvalue weighted by Crippen LogP contribution is -2.28. The van der Waals surface area contributed by atoms with Crippen LogP contribution >= 0.6 is 0 Å². The van der Waals surface area contributed by atoms with Gasteiger partial charge in [0.15, 0.2) is 0 Å². The van der Waals surface area contributed by atoms with Crippen LogP contribution in [0.15, 0.2) is 35.9 Å². The predicted molar refractivity (Wildman–Crippen MR) is 59.8 cm³/mol. The lowest BCUT2D eigenvalue weighted by atomic mass is 9.74. The molecule has 1 nitrogen and oxygen atoms in total. The molecular weight excluding hydrogens is 184 g/mol. The van der Waals surface area contributed by atoms with Crippen LogP contribution in [0.2, 0.25) is 0 Å². The van der Waals surface area contributed by atoms with E-state index in [0.717, 1.165) is 18.8 Å². The fraction of sp³-hybridized carbons (Fsp3) is 0.357. The van der Waals surface area contributed by atoms with Gasteiger partial charge in [0, 0.05) is 12.3 Å². The first kappa shape index (κ1) is 9.02. The van der Waals surface area contributed by atoms with E-state index in [2.05, 4.69) is 37.6 Å². The molecule has 3 rings (SSSR count). The first-order chi connectivity index (χ1) is 7.36. The van der Waals surface area contributed by atoms with Gasteiger partial charge in [-0.25, -0.2) is 0 Å². The molecule has 0 bridgehead atoms. The Morgan fingerprint density at radius 2 is 2.13 bits per heavy atom. The fourth-order valence-electron chi connectivity index (χ4n) is 2.59. The molecule has 0 amide bonds. The molecule has 2 aliphatic rings. The Kier molecular flexibility index (Phi) is 2.05. The minimum Gasteiger partial charge on any atom is -0.493 e. The van der Waals surface area contributed by atoms with Gasteiger partial charge in [0.2, 0.25) is 0 Å². The minimum absolute atomic E-state index is 0.557. The monoisotopic (exact) mass is 198 g/mol. The average molecular weight is 198 g/mol. The van der Waals surface area contributed by atoms with Crippen LogP contribution in [0.5, 0.6) is 5.75 Å². The summed E-state index contributed by atoms with van der Waals surface area (Å²) < 4.78 is 5.79. The van der Waals surface area contributed by atoms with Crippen LogP contribution in [-0.2, 0) is 0 Å². The number of allylic oxidation sites excluding steroid dienone is 1. The van der Waals surface area contributed by atoms with E-state index in [9.17, 15) is 0 Å². The van der Waals surface area contributed by atoms with Gasteiger partial charge in [0.1, 0.15) is 5.75 Å². The smallest absolute Gasteiger partial charge is 0.122 e. The lowest BCUT2D eigenvalue weighted by molar-refractivity contribution is 0.211. The molecule has 1 aromatic carbocycles. The molecule has 1 aliphatic carbocycles. The highest BCUT2D eigenvalue weighted by atomic mass is 16.5. The molecule has 0 N–H and O–H groups in total. The van der Waals surface area contributed by atoms with Crippen molar-refractivity contribution in [3.05, 3.63) is 47.9 Å². The topological polar surface area (TPSA) is 9.23 Å². The van der Waals surface area contributed by atoms with Crippen molar-refractivity contribution in [2.45, 2.75) is 19.3 Å². The summed E-state index contributed by atoms with van der Waals surface area (Å²) in [7, 11) is 0. The Morgan fingerprint density at radius 3 is 3.07 bits per heavy atom. The number of fused-ring (bicyclic) bond motifs is 3. The maximum Gasteiger partial charge on any atom is 0.122 e. The zero-order chi connectivity index (χ0) is 10.3. The fourth-order valence-corrected chi connectivity index (χ4v) is 2.59. The molecule has 1 aliphatic heterocycles. The van der Waals surface area contributed by atoms with Crippen LogP contribution in [0.25, 0.3) is 0 Å². The van der Waals surface area contributed by atoms with Gasteiger partial charge in [-0.3, -0.25) is 0 Å². The Labute approximate surface area is 90.8 Å². The first-order valence-corrected chi connectivity index (χ1v) is 5.48. The van der Waals surface area contributed by atoms with Crippen molar-refractivity contribution in [1.29, 1.82) is 0 Å². The molecule has 1 heterocycles. The van der Waals surface area contributed by atoms with Crippen molar-refractivity contribution < 1.29 is 4.74 Å². The molecule has 0 saturated heterocycles.